The molecule has 0 saturated heterocycles. The summed E-state index contributed by atoms with van der Waals surface area (Å²) in [6.07, 6.45) is 0.763. The summed E-state index contributed by atoms with van der Waals surface area (Å²) < 4.78 is 26.8. The van der Waals surface area contributed by atoms with Crippen LogP contribution in [0.1, 0.15) is 13.3 Å². The zero-order valence-corrected chi connectivity index (χ0v) is 11.0. The fourth-order valence-corrected chi connectivity index (χ4v) is 3.26. The van der Waals surface area contributed by atoms with Gasteiger partial charge in [0.1, 0.15) is 4.90 Å². The second-order valence-electron chi connectivity index (χ2n) is 4.52. The summed E-state index contributed by atoms with van der Waals surface area (Å²) >= 11 is 0. The molecule has 0 aliphatic heterocycles. The van der Waals surface area contributed by atoms with E-state index in [1.165, 1.54) is 12.1 Å². The summed E-state index contributed by atoms with van der Waals surface area (Å²) in [6.45, 7) is 1.92. The van der Waals surface area contributed by atoms with Gasteiger partial charge >= 0.3 is 0 Å². The molecule has 1 aliphatic carbocycles. The first-order valence-electron chi connectivity index (χ1n) is 5.62. The number of hydrazine groups is 1. The van der Waals surface area contributed by atoms with Crippen molar-refractivity contribution in [3.63, 3.8) is 0 Å². The number of nitrogens with one attached hydrogen (secondary N) is 2. The van der Waals surface area contributed by atoms with Crippen molar-refractivity contribution in [1.82, 2.24) is 4.72 Å². The van der Waals surface area contributed by atoms with Gasteiger partial charge in [-0.3, -0.25) is 16.0 Å². The quantitative estimate of drug-likeness (QED) is 0.412. The number of nitrogens with two attached hydrogens (primary N) is 1. The van der Waals surface area contributed by atoms with E-state index in [-0.39, 0.29) is 28.2 Å². The van der Waals surface area contributed by atoms with Gasteiger partial charge in [0.25, 0.3) is 5.69 Å². The maximum absolute atomic E-state index is 12.2. The van der Waals surface area contributed by atoms with E-state index in [2.05, 4.69) is 10.1 Å². The average Bonchev–Trinajstić information content (AvgIpc) is 3.02. The first-order valence-corrected chi connectivity index (χ1v) is 7.11. The molecule has 1 aromatic rings. The molecule has 0 radical (unpaired) electrons. The van der Waals surface area contributed by atoms with Crippen molar-refractivity contribution in [3.05, 3.63) is 28.3 Å². The number of nitrogen functional groups attached to an aromatic ring is 1. The highest BCUT2D eigenvalue weighted by atomic mass is 32.2. The molecule has 2 unspecified atom stereocenters. The van der Waals surface area contributed by atoms with Crippen LogP contribution in [0.25, 0.3) is 0 Å². The van der Waals surface area contributed by atoms with Crippen molar-refractivity contribution in [1.29, 1.82) is 0 Å². The highest BCUT2D eigenvalue weighted by molar-refractivity contribution is 7.89. The molecule has 2 atom stereocenters. The number of sulfonamides is 1. The molecular weight excluding hydrogens is 272 g/mol. The van der Waals surface area contributed by atoms with E-state index in [4.69, 9.17) is 5.84 Å². The molecule has 19 heavy (non-hydrogen) atoms. The Morgan fingerprint density at radius 2 is 2.11 bits per heavy atom. The van der Waals surface area contributed by atoms with Gasteiger partial charge in [0.2, 0.25) is 10.0 Å². The van der Waals surface area contributed by atoms with Crippen molar-refractivity contribution in [2.45, 2.75) is 24.3 Å². The van der Waals surface area contributed by atoms with E-state index in [1.807, 2.05) is 6.92 Å². The van der Waals surface area contributed by atoms with Gasteiger partial charge in [-0.15, -0.1) is 0 Å². The van der Waals surface area contributed by atoms with Crippen LogP contribution in [0.5, 0.6) is 0 Å². The molecule has 0 spiro atoms. The van der Waals surface area contributed by atoms with Crippen LogP contribution >= 0.6 is 0 Å². The first-order chi connectivity index (χ1) is 8.85. The van der Waals surface area contributed by atoms with E-state index in [1.54, 1.807) is 0 Å². The Balaban J connectivity index is 2.40. The monoisotopic (exact) mass is 286 g/mol. The van der Waals surface area contributed by atoms with Crippen LogP contribution in [0.2, 0.25) is 0 Å². The van der Waals surface area contributed by atoms with Crippen LogP contribution in [-0.4, -0.2) is 19.4 Å². The average molecular weight is 286 g/mol. The number of non-ortho nitro benzene ring substituents is 1. The fraction of sp³-hybridized carbons (Fsp3) is 0.400. The van der Waals surface area contributed by atoms with Crippen molar-refractivity contribution in [3.8, 4) is 0 Å². The lowest BCUT2D eigenvalue weighted by Crippen LogP contribution is -2.28. The zero-order chi connectivity index (χ0) is 14.2. The van der Waals surface area contributed by atoms with E-state index < -0.39 is 14.9 Å². The highest BCUT2D eigenvalue weighted by Crippen LogP contribution is 2.32. The minimum absolute atomic E-state index is 0.116. The number of hydrogen-bond acceptors (Lipinski definition) is 6. The SMILES string of the molecule is CC1CC1NS(=O)(=O)c1cc([N+](=O)[O-])ccc1NN. The molecular formula is C10H14N4O4S. The van der Waals surface area contributed by atoms with Gasteiger partial charge in [0.05, 0.1) is 10.6 Å². The maximum Gasteiger partial charge on any atom is 0.270 e. The number of hydrogen-bond donors (Lipinski definition) is 3. The topological polar surface area (TPSA) is 127 Å². The van der Waals surface area contributed by atoms with E-state index in [9.17, 15) is 18.5 Å². The molecule has 104 valence electrons. The van der Waals surface area contributed by atoms with Crippen LogP contribution < -0.4 is 16.0 Å². The summed E-state index contributed by atoms with van der Waals surface area (Å²) in [6, 6.07) is 3.33. The standard InChI is InChI=1S/C10H14N4O4S/c1-6-4-9(6)13-19(17,18)10-5-7(14(15)16)2-3-8(10)12-11/h2-3,5-6,9,12-13H,4,11H2,1H3. The Morgan fingerprint density at radius 1 is 1.47 bits per heavy atom. The molecule has 0 heterocycles. The summed E-state index contributed by atoms with van der Waals surface area (Å²) in [5, 5.41) is 10.7. The highest BCUT2D eigenvalue weighted by Gasteiger charge is 2.37. The summed E-state index contributed by atoms with van der Waals surface area (Å²) in [4.78, 5) is 9.83. The molecule has 1 fully saturated rings. The van der Waals surface area contributed by atoms with Crippen LogP contribution in [0.15, 0.2) is 23.1 Å². The Hall–Kier alpha value is -1.71. The smallest absolute Gasteiger partial charge is 0.270 e. The van der Waals surface area contributed by atoms with Gasteiger partial charge in [-0.25, -0.2) is 13.1 Å². The van der Waals surface area contributed by atoms with Crippen LogP contribution in [0, 0.1) is 16.0 Å². The minimum Gasteiger partial charge on any atom is -0.323 e. The molecule has 0 amide bonds. The Morgan fingerprint density at radius 3 is 2.58 bits per heavy atom. The number of nitrogens with zero attached hydrogens (tertiary/aromatic N) is 1. The van der Waals surface area contributed by atoms with Crippen molar-refractivity contribution in [2.75, 3.05) is 5.43 Å². The van der Waals surface area contributed by atoms with E-state index in [0.717, 1.165) is 12.5 Å². The summed E-state index contributed by atoms with van der Waals surface area (Å²) in [5.41, 5.74) is 2.05. The molecule has 1 aromatic carbocycles. The lowest BCUT2D eigenvalue weighted by Gasteiger charge is -2.10. The summed E-state index contributed by atoms with van der Waals surface area (Å²) in [5.74, 6) is 5.52. The number of rotatable bonds is 5. The summed E-state index contributed by atoms with van der Waals surface area (Å²) in [7, 11) is -3.83. The van der Waals surface area contributed by atoms with Gasteiger partial charge < -0.3 is 5.43 Å². The van der Waals surface area contributed by atoms with Crippen molar-refractivity contribution in [2.24, 2.45) is 11.8 Å². The predicted octanol–water partition coefficient (Wildman–Crippen LogP) is 0.567. The van der Waals surface area contributed by atoms with Gasteiger partial charge in [-0.2, -0.15) is 0 Å². The van der Waals surface area contributed by atoms with E-state index in [0.29, 0.717) is 0 Å². The Bertz CT molecular complexity index is 616. The number of nitro benzene ring substituents is 1. The Kier molecular flexibility index (Phi) is 3.43. The van der Waals surface area contributed by atoms with Crippen LogP contribution in [-0.2, 0) is 10.0 Å². The van der Waals surface area contributed by atoms with Gasteiger partial charge in [0, 0.05) is 18.2 Å². The molecule has 2 rings (SSSR count). The molecule has 0 aromatic heterocycles. The molecule has 8 nitrogen and oxygen atoms in total. The fourth-order valence-electron chi connectivity index (χ4n) is 1.72. The lowest BCUT2D eigenvalue weighted by molar-refractivity contribution is -0.385. The van der Waals surface area contributed by atoms with Gasteiger partial charge in [-0.05, 0) is 18.4 Å². The van der Waals surface area contributed by atoms with Crippen molar-refractivity contribution < 1.29 is 13.3 Å². The second kappa shape index (κ2) is 4.76. The third kappa shape index (κ3) is 2.83. The molecule has 0 bridgehead atoms. The third-order valence-corrected chi connectivity index (χ3v) is 4.57. The third-order valence-electron chi connectivity index (χ3n) is 3.04. The number of anilines is 1. The number of benzene rings is 1. The van der Waals surface area contributed by atoms with Crippen LogP contribution in [0.3, 0.4) is 0 Å². The molecule has 4 N–H and O–H groups in total. The van der Waals surface area contributed by atoms with Gasteiger partial charge in [0.15, 0.2) is 0 Å². The lowest BCUT2D eigenvalue weighted by atomic mass is 10.3. The molecule has 1 aliphatic rings. The minimum atomic E-state index is -3.83. The second-order valence-corrected chi connectivity index (χ2v) is 6.21. The zero-order valence-electron chi connectivity index (χ0n) is 10.2. The predicted molar refractivity (Wildman–Crippen MR) is 68.8 cm³/mol. The largest absolute Gasteiger partial charge is 0.323 e. The van der Waals surface area contributed by atoms with Gasteiger partial charge in [-0.1, -0.05) is 6.92 Å². The first kappa shape index (κ1) is 13.7. The molecule has 9 heteroatoms. The van der Waals surface area contributed by atoms with Crippen molar-refractivity contribution >= 4 is 21.4 Å². The molecule has 1 saturated carbocycles. The normalized spacial score (nSPS) is 22.0. The van der Waals surface area contributed by atoms with E-state index >= 15 is 0 Å². The maximum atomic E-state index is 12.2. The Labute approximate surface area is 110 Å². The number of nitro groups is 1. The van der Waals surface area contributed by atoms with Crippen LogP contribution in [0.4, 0.5) is 11.4 Å².